The minimum Gasteiger partial charge on any atom is -0.311 e. The fourth-order valence-corrected chi connectivity index (χ4v) is 1.54. The van der Waals surface area contributed by atoms with Crippen molar-refractivity contribution in [1.82, 2.24) is 10.2 Å². The maximum Gasteiger partial charge on any atom is 0.142 e. The van der Waals surface area contributed by atoms with Gasteiger partial charge in [0.15, 0.2) is 0 Å². The molecule has 0 aromatic heterocycles. The molecule has 1 N–H and O–H groups in total. The molecule has 0 saturated carbocycles. The fraction of sp³-hybridized carbons (Fsp3) is 0.538. The van der Waals surface area contributed by atoms with Gasteiger partial charge < -0.3 is 10.2 Å². The van der Waals surface area contributed by atoms with Crippen LogP contribution in [-0.4, -0.2) is 31.1 Å². The van der Waals surface area contributed by atoms with E-state index in [1.165, 1.54) is 6.07 Å². The van der Waals surface area contributed by atoms with Gasteiger partial charge in [0.25, 0.3) is 0 Å². The molecule has 2 nitrogen and oxygen atoms in total. The average molecular weight is 259 g/mol. The van der Waals surface area contributed by atoms with Crippen LogP contribution in [-0.2, 0) is 6.54 Å². The van der Waals surface area contributed by atoms with Gasteiger partial charge in [-0.3, -0.25) is 0 Å². The normalized spacial score (nSPS) is 12.2. The van der Waals surface area contributed by atoms with E-state index in [4.69, 9.17) is 11.6 Å². The van der Waals surface area contributed by atoms with Crippen LogP contribution in [0.25, 0.3) is 0 Å². The highest BCUT2D eigenvalue weighted by Gasteiger charge is 2.19. The van der Waals surface area contributed by atoms with E-state index in [0.717, 1.165) is 12.1 Å². The Balaban J connectivity index is 2.55. The van der Waals surface area contributed by atoms with Crippen LogP contribution in [0.15, 0.2) is 18.2 Å². The molecule has 0 fully saturated rings. The second-order valence-electron chi connectivity index (χ2n) is 5.02. The molecule has 0 radical (unpaired) electrons. The fourth-order valence-electron chi connectivity index (χ4n) is 1.35. The summed E-state index contributed by atoms with van der Waals surface area (Å²) >= 11 is 5.88. The lowest BCUT2D eigenvalue weighted by molar-refractivity contribution is 0.190. The van der Waals surface area contributed by atoms with Gasteiger partial charge >= 0.3 is 0 Å². The van der Waals surface area contributed by atoms with Crippen molar-refractivity contribution in [2.45, 2.75) is 25.9 Å². The van der Waals surface area contributed by atoms with Gasteiger partial charge in [0.05, 0.1) is 5.02 Å². The van der Waals surface area contributed by atoms with Crippen molar-refractivity contribution in [3.8, 4) is 0 Å². The molecule has 1 aromatic carbocycles. The number of halogens is 2. The van der Waals surface area contributed by atoms with Crippen LogP contribution < -0.4 is 5.32 Å². The van der Waals surface area contributed by atoms with Crippen LogP contribution in [0.4, 0.5) is 4.39 Å². The monoisotopic (exact) mass is 258 g/mol. The lowest BCUT2D eigenvalue weighted by Crippen LogP contribution is -2.46. The summed E-state index contributed by atoms with van der Waals surface area (Å²) in [7, 11) is 4.08. The van der Waals surface area contributed by atoms with E-state index in [1.54, 1.807) is 6.07 Å². The Labute approximate surface area is 108 Å². The van der Waals surface area contributed by atoms with Gasteiger partial charge in [-0.25, -0.2) is 4.39 Å². The molecule has 0 saturated heterocycles. The molecule has 0 amide bonds. The molecule has 0 atom stereocenters. The third-order valence-corrected chi connectivity index (χ3v) is 3.54. The minimum atomic E-state index is -0.363. The third-order valence-electron chi connectivity index (χ3n) is 3.12. The summed E-state index contributed by atoms with van der Waals surface area (Å²) < 4.78 is 13.2. The Kier molecular flexibility index (Phi) is 4.92. The molecule has 0 aliphatic heterocycles. The van der Waals surface area contributed by atoms with Gasteiger partial charge in [0.2, 0.25) is 0 Å². The molecular weight excluding hydrogens is 239 g/mol. The van der Waals surface area contributed by atoms with E-state index >= 15 is 0 Å². The highest BCUT2D eigenvalue weighted by Crippen LogP contribution is 2.19. The summed E-state index contributed by atoms with van der Waals surface area (Å²) in [6.07, 6.45) is 0. The summed E-state index contributed by atoms with van der Waals surface area (Å²) in [4.78, 5) is 2.15. The molecule has 1 rings (SSSR count). The molecule has 0 unspecified atom stereocenters. The zero-order chi connectivity index (χ0) is 13.1. The third kappa shape index (κ3) is 3.95. The highest BCUT2D eigenvalue weighted by molar-refractivity contribution is 6.31. The minimum absolute atomic E-state index is 0.0554. The number of benzene rings is 1. The molecule has 0 aliphatic carbocycles. The Bertz CT molecular complexity index is 378. The van der Waals surface area contributed by atoms with Crippen LogP contribution >= 0.6 is 11.6 Å². The molecule has 0 aliphatic rings. The van der Waals surface area contributed by atoms with Crippen LogP contribution in [0.3, 0.4) is 0 Å². The van der Waals surface area contributed by atoms with Crippen molar-refractivity contribution in [2.75, 3.05) is 20.6 Å². The summed E-state index contributed by atoms with van der Waals surface area (Å²) in [5, 5.41) is 3.51. The zero-order valence-corrected chi connectivity index (χ0v) is 11.6. The molecular formula is C13H20ClFN2. The van der Waals surface area contributed by atoms with Gasteiger partial charge in [0.1, 0.15) is 5.82 Å². The van der Waals surface area contributed by atoms with Crippen molar-refractivity contribution < 1.29 is 4.39 Å². The number of hydrogen-bond donors (Lipinski definition) is 1. The summed E-state index contributed by atoms with van der Waals surface area (Å²) in [6.45, 7) is 5.68. The van der Waals surface area contributed by atoms with E-state index < -0.39 is 0 Å². The molecule has 0 bridgehead atoms. The molecule has 96 valence electrons. The van der Waals surface area contributed by atoms with Gasteiger partial charge in [-0.1, -0.05) is 23.7 Å². The number of rotatable bonds is 5. The predicted octanol–water partition coefficient (Wildman–Crippen LogP) is 2.91. The smallest absolute Gasteiger partial charge is 0.142 e. The van der Waals surface area contributed by atoms with Crippen LogP contribution in [0.1, 0.15) is 19.4 Å². The Morgan fingerprint density at radius 2 is 2.00 bits per heavy atom. The van der Waals surface area contributed by atoms with E-state index in [2.05, 4.69) is 24.1 Å². The quantitative estimate of drug-likeness (QED) is 0.874. The summed E-state index contributed by atoms with van der Waals surface area (Å²) in [5.74, 6) is -0.363. The van der Waals surface area contributed by atoms with Crippen molar-refractivity contribution in [3.63, 3.8) is 0 Å². The number of nitrogens with zero attached hydrogens (tertiary/aromatic N) is 1. The molecule has 0 heterocycles. The van der Waals surface area contributed by atoms with Crippen LogP contribution in [0.5, 0.6) is 0 Å². The first-order chi connectivity index (χ1) is 7.84. The highest BCUT2D eigenvalue weighted by atomic mass is 35.5. The Morgan fingerprint density at radius 1 is 1.35 bits per heavy atom. The SMILES string of the molecule is CN(C)C(C)(C)CNCc1cccc(F)c1Cl. The van der Waals surface area contributed by atoms with Gasteiger partial charge in [-0.15, -0.1) is 0 Å². The first-order valence-corrected chi connectivity index (χ1v) is 6.03. The molecule has 17 heavy (non-hydrogen) atoms. The summed E-state index contributed by atoms with van der Waals surface area (Å²) in [6, 6.07) is 4.88. The number of likely N-dealkylation sites (N-methyl/N-ethyl adjacent to an activating group) is 1. The van der Waals surface area contributed by atoms with E-state index in [1.807, 2.05) is 20.2 Å². The maximum absolute atomic E-state index is 13.2. The molecule has 4 heteroatoms. The zero-order valence-electron chi connectivity index (χ0n) is 10.8. The maximum atomic E-state index is 13.2. The van der Waals surface area contributed by atoms with Crippen molar-refractivity contribution >= 4 is 11.6 Å². The first-order valence-electron chi connectivity index (χ1n) is 5.65. The van der Waals surface area contributed by atoms with E-state index in [-0.39, 0.29) is 16.4 Å². The summed E-state index contributed by atoms with van der Waals surface area (Å²) in [5.41, 5.74) is 0.848. The van der Waals surface area contributed by atoms with Crippen molar-refractivity contribution in [2.24, 2.45) is 0 Å². The largest absolute Gasteiger partial charge is 0.311 e. The van der Waals surface area contributed by atoms with Crippen molar-refractivity contribution in [3.05, 3.63) is 34.6 Å². The average Bonchev–Trinajstić information content (AvgIpc) is 2.24. The predicted molar refractivity (Wildman–Crippen MR) is 70.9 cm³/mol. The number of hydrogen-bond acceptors (Lipinski definition) is 2. The van der Waals surface area contributed by atoms with Gasteiger partial charge in [-0.2, -0.15) is 0 Å². The Hall–Kier alpha value is -0.640. The lowest BCUT2D eigenvalue weighted by atomic mass is 10.0. The van der Waals surface area contributed by atoms with Crippen LogP contribution in [0.2, 0.25) is 5.02 Å². The van der Waals surface area contributed by atoms with Gasteiger partial charge in [-0.05, 0) is 39.6 Å². The van der Waals surface area contributed by atoms with Gasteiger partial charge in [0, 0.05) is 18.6 Å². The molecule has 0 spiro atoms. The lowest BCUT2D eigenvalue weighted by Gasteiger charge is -2.32. The Morgan fingerprint density at radius 3 is 2.59 bits per heavy atom. The standard InChI is InChI=1S/C13H20ClFN2/c1-13(2,17(3)4)9-16-8-10-6-5-7-11(15)12(10)14/h5-7,16H,8-9H2,1-4H3. The van der Waals surface area contributed by atoms with E-state index in [0.29, 0.717) is 6.54 Å². The van der Waals surface area contributed by atoms with E-state index in [9.17, 15) is 4.39 Å². The number of nitrogens with one attached hydrogen (secondary N) is 1. The first kappa shape index (κ1) is 14.4. The topological polar surface area (TPSA) is 15.3 Å². The second kappa shape index (κ2) is 5.80. The van der Waals surface area contributed by atoms with Crippen LogP contribution in [0, 0.1) is 5.82 Å². The molecule has 1 aromatic rings. The second-order valence-corrected chi connectivity index (χ2v) is 5.40. The van der Waals surface area contributed by atoms with Crippen molar-refractivity contribution in [1.29, 1.82) is 0 Å².